The number of halogens is 1. The monoisotopic (exact) mass is 478 g/mol. The number of esters is 1. The summed E-state index contributed by atoms with van der Waals surface area (Å²) in [6, 6.07) is 20.5. The van der Waals surface area contributed by atoms with Crippen LogP contribution in [0.25, 0.3) is 5.70 Å². The summed E-state index contributed by atoms with van der Waals surface area (Å²) in [6.07, 6.45) is 0. The summed E-state index contributed by atoms with van der Waals surface area (Å²) < 4.78 is 16.5. The van der Waals surface area contributed by atoms with Crippen molar-refractivity contribution in [2.75, 3.05) is 14.2 Å². The van der Waals surface area contributed by atoms with E-state index >= 15 is 0 Å². The molecule has 2 N–H and O–H groups in total. The van der Waals surface area contributed by atoms with Gasteiger partial charge in [0.1, 0.15) is 6.61 Å². The van der Waals surface area contributed by atoms with Crippen LogP contribution in [0.3, 0.4) is 0 Å². The normalized spacial score (nSPS) is 15.3. The lowest BCUT2D eigenvalue weighted by atomic mass is 9.92. The van der Waals surface area contributed by atoms with E-state index in [1.54, 1.807) is 24.3 Å². The third-order valence-corrected chi connectivity index (χ3v) is 5.77. The molecule has 3 aromatic carbocycles. The summed E-state index contributed by atoms with van der Waals surface area (Å²) in [4.78, 5) is 25.4. The third kappa shape index (κ3) is 4.84. The highest BCUT2D eigenvalue weighted by molar-refractivity contribution is 6.31. The van der Waals surface area contributed by atoms with E-state index in [0.29, 0.717) is 33.3 Å². The maximum Gasteiger partial charge on any atom is 0.338 e. The Morgan fingerprint density at radius 1 is 0.971 bits per heavy atom. The predicted molar refractivity (Wildman–Crippen MR) is 129 cm³/mol. The largest absolute Gasteiger partial charge is 0.493 e. The number of ether oxygens (including phenoxy) is 3. The van der Waals surface area contributed by atoms with Gasteiger partial charge in [0.15, 0.2) is 11.5 Å². The van der Waals surface area contributed by atoms with Gasteiger partial charge in [-0.1, -0.05) is 66.2 Å². The van der Waals surface area contributed by atoms with Crippen LogP contribution >= 0.6 is 11.6 Å². The van der Waals surface area contributed by atoms with Gasteiger partial charge in [-0.05, 0) is 29.3 Å². The summed E-state index contributed by atoms with van der Waals surface area (Å²) in [5.41, 5.74) is 2.78. The van der Waals surface area contributed by atoms with Crippen molar-refractivity contribution in [2.24, 2.45) is 0 Å². The molecule has 8 heteroatoms. The van der Waals surface area contributed by atoms with Gasteiger partial charge in [0, 0.05) is 10.6 Å². The first-order chi connectivity index (χ1) is 16.5. The molecule has 2 amide bonds. The molecule has 0 aliphatic carbocycles. The Hall–Kier alpha value is -3.97. The molecule has 1 unspecified atom stereocenters. The maximum absolute atomic E-state index is 12.9. The summed E-state index contributed by atoms with van der Waals surface area (Å²) >= 11 is 6.25. The van der Waals surface area contributed by atoms with E-state index < -0.39 is 18.0 Å². The zero-order valence-corrected chi connectivity index (χ0v) is 19.4. The molecule has 1 aliphatic heterocycles. The highest BCUT2D eigenvalue weighted by Gasteiger charge is 2.34. The van der Waals surface area contributed by atoms with Gasteiger partial charge < -0.3 is 24.8 Å². The molecule has 0 saturated carbocycles. The molecule has 0 saturated heterocycles. The molecule has 7 nitrogen and oxygen atoms in total. The molecule has 0 fully saturated rings. The molecule has 0 spiro atoms. The number of carbonyl (C=O) groups is 2. The number of hydrogen-bond donors (Lipinski definition) is 2. The third-order valence-electron chi connectivity index (χ3n) is 5.40. The minimum absolute atomic E-state index is 0.215. The summed E-state index contributed by atoms with van der Waals surface area (Å²) in [5.74, 6) is 0.381. The lowest BCUT2D eigenvalue weighted by Gasteiger charge is -2.29. The molecule has 3 aromatic rings. The molecule has 1 heterocycles. The molecule has 0 bridgehead atoms. The van der Waals surface area contributed by atoms with E-state index in [2.05, 4.69) is 10.6 Å². The zero-order valence-electron chi connectivity index (χ0n) is 18.6. The van der Waals surface area contributed by atoms with E-state index in [-0.39, 0.29) is 12.2 Å². The van der Waals surface area contributed by atoms with Crippen LogP contribution in [0, 0.1) is 0 Å². The Morgan fingerprint density at radius 3 is 2.41 bits per heavy atom. The highest BCUT2D eigenvalue weighted by atomic mass is 35.5. The van der Waals surface area contributed by atoms with Gasteiger partial charge in [-0.15, -0.1) is 0 Å². The van der Waals surface area contributed by atoms with Crippen molar-refractivity contribution in [3.05, 3.63) is 100 Å². The van der Waals surface area contributed by atoms with E-state index in [9.17, 15) is 9.59 Å². The first-order valence-corrected chi connectivity index (χ1v) is 10.9. The van der Waals surface area contributed by atoms with Crippen LogP contribution < -0.4 is 20.1 Å². The lowest BCUT2D eigenvalue weighted by molar-refractivity contribution is -0.136. The number of carbonyl (C=O) groups excluding carboxylic acids is 2. The molecule has 0 radical (unpaired) electrons. The average molecular weight is 479 g/mol. The minimum Gasteiger partial charge on any atom is -0.493 e. The summed E-state index contributed by atoms with van der Waals surface area (Å²) in [6.45, 7) is 0.215. The van der Waals surface area contributed by atoms with Gasteiger partial charge >= 0.3 is 12.0 Å². The van der Waals surface area contributed by atoms with Crippen LogP contribution in [0.5, 0.6) is 11.5 Å². The Morgan fingerprint density at radius 2 is 1.71 bits per heavy atom. The second kappa shape index (κ2) is 10.3. The van der Waals surface area contributed by atoms with Crippen molar-refractivity contribution in [3.63, 3.8) is 0 Å². The standard InChI is InChI=1S/C26H23ClN2O5/c1-32-20-13-12-17(14-21(20)34-15-18-10-6-7-11-19(18)27)24-22(25(30)33-2)23(28-26(31)29-24)16-8-4-3-5-9-16/h3-14,24H,15H2,1-2H3,(H2,28,29,31). The Bertz CT molecular complexity index is 1240. The van der Waals surface area contributed by atoms with Crippen LogP contribution in [0.1, 0.15) is 22.7 Å². The van der Waals surface area contributed by atoms with Crippen LogP contribution in [-0.4, -0.2) is 26.2 Å². The number of urea groups is 1. The number of benzene rings is 3. The molecular weight excluding hydrogens is 456 g/mol. The zero-order chi connectivity index (χ0) is 24.1. The molecule has 1 atom stereocenters. The first-order valence-electron chi connectivity index (χ1n) is 10.5. The number of amides is 2. The lowest BCUT2D eigenvalue weighted by Crippen LogP contribution is -2.45. The van der Waals surface area contributed by atoms with Crippen molar-refractivity contribution < 1.29 is 23.8 Å². The molecular formula is C26H23ClN2O5. The quantitative estimate of drug-likeness (QED) is 0.473. The molecule has 174 valence electrons. The van der Waals surface area contributed by atoms with Crippen molar-refractivity contribution >= 4 is 29.3 Å². The fourth-order valence-corrected chi connectivity index (χ4v) is 3.92. The second-order valence-electron chi connectivity index (χ2n) is 7.47. The van der Waals surface area contributed by atoms with Crippen molar-refractivity contribution in [2.45, 2.75) is 12.6 Å². The topological polar surface area (TPSA) is 85.9 Å². The van der Waals surface area contributed by atoms with E-state index in [4.69, 9.17) is 25.8 Å². The summed E-state index contributed by atoms with van der Waals surface area (Å²) in [5, 5.41) is 6.15. The van der Waals surface area contributed by atoms with Crippen LogP contribution in [0.2, 0.25) is 5.02 Å². The number of methoxy groups -OCH3 is 2. The van der Waals surface area contributed by atoms with E-state index in [1.165, 1.54) is 14.2 Å². The van der Waals surface area contributed by atoms with E-state index in [1.807, 2.05) is 48.5 Å². The van der Waals surface area contributed by atoms with Gasteiger partial charge in [0.25, 0.3) is 0 Å². The molecule has 34 heavy (non-hydrogen) atoms. The van der Waals surface area contributed by atoms with Gasteiger partial charge in [0.05, 0.1) is 31.5 Å². The number of nitrogens with one attached hydrogen (secondary N) is 2. The molecule has 0 aromatic heterocycles. The number of rotatable bonds is 7. The van der Waals surface area contributed by atoms with E-state index in [0.717, 1.165) is 5.56 Å². The Labute approximate surface area is 202 Å². The minimum atomic E-state index is -0.773. The van der Waals surface area contributed by atoms with Gasteiger partial charge in [-0.2, -0.15) is 0 Å². The molecule has 1 aliphatic rings. The Balaban J connectivity index is 1.75. The van der Waals surface area contributed by atoms with Gasteiger partial charge in [-0.3, -0.25) is 0 Å². The fourth-order valence-electron chi connectivity index (χ4n) is 3.73. The fraction of sp³-hybridized carbons (Fsp3) is 0.154. The smallest absolute Gasteiger partial charge is 0.338 e. The summed E-state index contributed by atoms with van der Waals surface area (Å²) in [7, 11) is 2.84. The van der Waals surface area contributed by atoms with Crippen LogP contribution in [0.4, 0.5) is 4.79 Å². The molecule has 4 rings (SSSR count). The second-order valence-corrected chi connectivity index (χ2v) is 7.88. The van der Waals surface area contributed by atoms with Crippen LogP contribution in [-0.2, 0) is 16.1 Å². The predicted octanol–water partition coefficient (Wildman–Crippen LogP) is 4.87. The Kier molecular flexibility index (Phi) is 7.04. The SMILES string of the molecule is COC(=O)C1=C(c2ccccc2)NC(=O)NC1c1ccc(OC)c(OCc2ccccc2Cl)c1. The van der Waals surface area contributed by atoms with Gasteiger partial charge in [0.2, 0.25) is 0 Å². The number of hydrogen-bond acceptors (Lipinski definition) is 5. The maximum atomic E-state index is 12.9. The highest BCUT2D eigenvalue weighted by Crippen LogP contribution is 2.37. The van der Waals surface area contributed by atoms with Crippen LogP contribution in [0.15, 0.2) is 78.4 Å². The van der Waals surface area contributed by atoms with Crippen molar-refractivity contribution in [3.8, 4) is 11.5 Å². The average Bonchev–Trinajstić information content (AvgIpc) is 2.87. The first kappa shape index (κ1) is 23.2. The van der Waals surface area contributed by atoms with Gasteiger partial charge in [-0.25, -0.2) is 9.59 Å². The van der Waals surface area contributed by atoms with Crippen molar-refractivity contribution in [1.29, 1.82) is 0 Å². The van der Waals surface area contributed by atoms with Crippen molar-refractivity contribution in [1.82, 2.24) is 10.6 Å².